The second-order valence-electron chi connectivity index (χ2n) is 6.07. The highest BCUT2D eigenvalue weighted by atomic mass is 15.1. The van der Waals surface area contributed by atoms with Crippen LogP contribution in [0.2, 0.25) is 0 Å². The second-order valence-corrected chi connectivity index (χ2v) is 6.07. The first-order chi connectivity index (χ1) is 9.97. The minimum Gasteiger partial charge on any atom is -0.370 e. The minimum atomic E-state index is 0.385. The number of nitrogens with one attached hydrogen (secondary N) is 2. The molecule has 0 atom stereocenters. The molecule has 0 unspecified atom stereocenters. The quantitative estimate of drug-likeness (QED) is 0.732. The van der Waals surface area contributed by atoms with Gasteiger partial charge < -0.3 is 15.5 Å². The van der Waals surface area contributed by atoms with Crippen LogP contribution in [0.1, 0.15) is 52.5 Å². The predicted molar refractivity (Wildman–Crippen MR) is 91.2 cm³/mol. The highest BCUT2D eigenvalue weighted by molar-refractivity contribution is 5.59. The van der Waals surface area contributed by atoms with Gasteiger partial charge in [0.1, 0.15) is 18.0 Å². The summed E-state index contributed by atoms with van der Waals surface area (Å²) < 4.78 is 0. The van der Waals surface area contributed by atoms with E-state index in [0.29, 0.717) is 12.0 Å². The van der Waals surface area contributed by atoms with Gasteiger partial charge in [-0.1, -0.05) is 20.8 Å². The summed E-state index contributed by atoms with van der Waals surface area (Å²) in [6.45, 7) is 13.8. The second kappa shape index (κ2) is 8.82. The van der Waals surface area contributed by atoms with E-state index in [0.717, 1.165) is 37.7 Å². The van der Waals surface area contributed by atoms with E-state index in [4.69, 9.17) is 0 Å². The van der Waals surface area contributed by atoms with Gasteiger partial charge in [0.15, 0.2) is 0 Å². The molecule has 0 aliphatic rings. The van der Waals surface area contributed by atoms with Crippen molar-refractivity contribution in [2.24, 2.45) is 0 Å². The highest BCUT2D eigenvalue weighted by Crippen LogP contribution is 2.28. The van der Waals surface area contributed by atoms with Crippen molar-refractivity contribution in [1.29, 1.82) is 0 Å². The molecule has 0 bridgehead atoms. The molecule has 0 fully saturated rings. The minimum absolute atomic E-state index is 0.385. The van der Waals surface area contributed by atoms with Crippen molar-refractivity contribution in [2.75, 3.05) is 37.3 Å². The third kappa shape index (κ3) is 5.50. The summed E-state index contributed by atoms with van der Waals surface area (Å²) >= 11 is 0. The summed E-state index contributed by atoms with van der Waals surface area (Å²) in [5.41, 5.74) is 1.18. The van der Waals surface area contributed by atoms with E-state index >= 15 is 0 Å². The van der Waals surface area contributed by atoms with Gasteiger partial charge in [-0.05, 0) is 33.2 Å². The molecule has 21 heavy (non-hydrogen) atoms. The fourth-order valence-electron chi connectivity index (χ4n) is 2.08. The van der Waals surface area contributed by atoms with E-state index in [1.54, 1.807) is 6.33 Å². The number of anilines is 2. The van der Waals surface area contributed by atoms with E-state index in [9.17, 15) is 0 Å². The number of likely N-dealkylation sites (N-methyl/N-ethyl adjacent to an activating group) is 1. The zero-order valence-corrected chi connectivity index (χ0v) is 14.4. The maximum atomic E-state index is 4.43. The fraction of sp³-hybridized carbons (Fsp3) is 0.750. The largest absolute Gasteiger partial charge is 0.370 e. The monoisotopic (exact) mass is 293 g/mol. The van der Waals surface area contributed by atoms with Gasteiger partial charge in [-0.15, -0.1) is 0 Å². The van der Waals surface area contributed by atoms with Crippen LogP contribution in [0.5, 0.6) is 0 Å². The SMILES string of the molecule is CCCNc1ncnc(NCCN(C)C(C)C)c1C(C)C. The van der Waals surface area contributed by atoms with Crippen LogP contribution in [-0.2, 0) is 0 Å². The first-order valence-electron chi connectivity index (χ1n) is 8.00. The number of nitrogens with zero attached hydrogens (tertiary/aromatic N) is 3. The van der Waals surface area contributed by atoms with Gasteiger partial charge in [-0.3, -0.25) is 0 Å². The molecule has 0 saturated carbocycles. The zero-order valence-electron chi connectivity index (χ0n) is 14.4. The number of rotatable bonds is 9. The van der Waals surface area contributed by atoms with Crippen molar-refractivity contribution < 1.29 is 0 Å². The van der Waals surface area contributed by atoms with Gasteiger partial charge in [0.2, 0.25) is 0 Å². The fourth-order valence-corrected chi connectivity index (χ4v) is 2.08. The summed E-state index contributed by atoms with van der Waals surface area (Å²) in [4.78, 5) is 11.1. The average molecular weight is 293 g/mol. The van der Waals surface area contributed by atoms with Crippen molar-refractivity contribution in [1.82, 2.24) is 14.9 Å². The molecule has 120 valence electrons. The Morgan fingerprint density at radius 3 is 2.10 bits per heavy atom. The van der Waals surface area contributed by atoms with Crippen molar-refractivity contribution >= 4 is 11.6 Å². The standard InChI is InChI=1S/C16H31N5/c1-7-8-17-15-14(12(2)3)16(20-11-19-15)18-9-10-21(6)13(4)5/h11-13H,7-10H2,1-6H3,(H2,17,18,19,20). The van der Waals surface area contributed by atoms with Crippen molar-refractivity contribution in [3.8, 4) is 0 Å². The Labute approximate surface area is 129 Å². The number of hydrogen-bond donors (Lipinski definition) is 2. The molecule has 1 aromatic heterocycles. The molecule has 5 heteroatoms. The Bertz CT molecular complexity index is 417. The Kier molecular flexibility index (Phi) is 7.43. The predicted octanol–water partition coefficient (Wildman–Crippen LogP) is 3.17. The lowest BCUT2D eigenvalue weighted by Gasteiger charge is -2.22. The van der Waals surface area contributed by atoms with Gasteiger partial charge in [-0.25, -0.2) is 9.97 Å². The van der Waals surface area contributed by atoms with Crippen LogP contribution in [0.4, 0.5) is 11.6 Å². The van der Waals surface area contributed by atoms with Gasteiger partial charge in [0.25, 0.3) is 0 Å². The van der Waals surface area contributed by atoms with E-state index in [2.05, 4.69) is 67.2 Å². The summed E-state index contributed by atoms with van der Waals surface area (Å²) in [6, 6.07) is 0.559. The Balaban J connectivity index is 2.76. The van der Waals surface area contributed by atoms with Gasteiger partial charge in [0, 0.05) is 31.2 Å². The summed E-state index contributed by atoms with van der Waals surface area (Å²) in [5.74, 6) is 2.30. The van der Waals surface area contributed by atoms with Gasteiger partial charge >= 0.3 is 0 Å². The van der Waals surface area contributed by atoms with Crippen molar-refractivity contribution in [3.05, 3.63) is 11.9 Å². The van der Waals surface area contributed by atoms with Crippen LogP contribution >= 0.6 is 0 Å². The normalized spacial score (nSPS) is 11.5. The number of hydrogen-bond acceptors (Lipinski definition) is 5. The molecular formula is C16H31N5. The van der Waals surface area contributed by atoms with Crippen LogP contribution in [0.3, 0.4) is 0 Å². The lowest BCUT2D eigenvalue weighted by atomic mass is 10.0. The molecule has 1 rings (SSSR count). The molecule has 0 saturated heterocycles. The molecular weight excluding hydrogens is 262 g/mol. The molecule has 5 nitrogen and oxygen atoms in total. The Morgan fingerprint density at radius 2 is 1.62 bits per heavy atom. The van der Waals surface area contributed by atoms with E-state index < -0.39 is 0 Å². The Hall–Kier alpha value is -1.36. The zero-order chi connectivity index (χ0) is 15.8. The van der Waals surface area contributed by atoms with E-state index in [1.165, 1.54) is 5.56 Å². The lowest BCUT2D eigenvalue weighted by Crippen LogP contribution is -2.31. The van der Waals surface area contributed by atoms with Gasteiger partial charge in [0.05, 0.1) is 0 Å². The van der Waals surface area contributed by atoms with Crippen molar-refractivity contribution in [3.63, 3.8) is 0 Å². The van der Waals surface area contributed by atoms with Crippen LogP contribution in [0.15, 0.2) is 6.33 Å². The van der Waals surface area contributed by atoms with Gasteiger partial charge in [-0.2, -0.15) is 0 Å². The highest BCUT2D eigenvalue weighted by Gasteiger charge is 2.14. The molecule has 0 amide bonds. The summed E-state index contributed by atoms with van der Waals surface area (Å²) in [7, 11) is 2.14. The van der Waals surface area contributed by atoms with E-state index in [1.807, 2.05) is 0 Å². The Morgan fingerprint density at radius 1 is 1.05 bits per heavy atom. The topological polar surface area (TPSA) is 53.1 Å². The average Bonchev–Trinajstić information content (AvgIpc) is 2.44. The van der Waals surface area contributed by atoms with Crippen LogP contribution in [-0.4, -0.2) is 47.6 Å². The first kappa shape index (κ1) is 17.7. The number of aromatic nitrogens is 2. The molecule has 0 aliphatic carbocycles. The smallest absolute Gasteiger partial charge is 0.135 e. The van der Waals surface area contributed by atoms with E-state index in [-0.39, 0.29) is 0 Å². The molecule has 0 radical (unpaired) electrons. The maximum absolute atomic E-state index is 4.43. The summed E-state index contributed by atoms with van der Waals surface area (Å²) in [5, 5.41) is 6.86. The van der Waals surface area contributed by atoms with Crippen LogP contribution in [0.25, 0.3) is 0 Å². The lowest BCUT2D eigenvalue weighted by molar-refractivity contribution is 0.284. The van der Waals surface area contributed by atoms with Crippen LogP contribution in [0, 0.1) is 0 Å². The third-order valence-corrected chi connectivity index (χ3v) is 3.64. The summed E-state index contributed by atoms with van der Waals surface area (Å²) in [6.07, 6.45) is 2.72. The van der Waals surface area contributed by atoms with Crippen LogP contribution < -0.4 is 10.6 Å². The molecule has 2 N–H and O–H groups in total. The molecule has 0 aliphatic heterocycles. The first-order valence-corrected chi connectivity index (χ1v) is 8.00. The maximum Gasteiger partial charge on any atom is 0.135 e. The molecule has 0 spiro atoms. The van der Waals surface area contributed by atoms with Crippen molar-refractivity contribution in [2.45, 2.75) is 53.0 Å². The molecule has 1 heterocycles. The third-order valence-electron chi connectivity index (χ3n) is 3.64. The molecule has 1 aromatic rings. The molecule has 0 aromatic carbocycles.